The van der Waals surface area contributed by atoms with E-state index in [1.165, 1.54) is 11.3 Å². The SMILES string of the molecule is COc1ncccc1CNC(=O)c1cc2c(C)nn(-c3ccccc3)c2s1. The van der Waals surface area contributed by atoms with Crippen molar-refractivity contribution in [1.82, 2.24) is 20.1 Å². The molecule has 0 saturated heterocycles. The molecule has 0 fully saturated rings. The van der Waals surface area contributed by atoms with Crippen molar-refractivity contribution in [1.29, 1.82) is 0 Å². The van der Waals surface area contributed by atoms with Crippen molar-refractivity contribution in [3.05, 3.63) is 70.9 Å². The summed E-state index contributed by atoms with van der Waals surface area (Å²) < 4.78 is 7.11. The largest absolute Gasteiger partial charge is 0.481 e. The minimum Gasteiger partial charge on any atom is -0.481 e. The van der Waals surface area contributed by atoms with Crippen LogP contribution in [0, 0.1) is 6.92 Å². The summed E-state index contributed by atoms with van der Waals surface area (Å²) in [4.78, 5) is 18.4. The standard InChI is InChI=1S/C20H18N4O2S/c1-13-16-11-17(18(25)22-12-14-7-6-10-21-19(14)26-2)27-20(16)24(23-13)15-8-4-3-5-9-15/h3-11H,12H2,1-2H3,(H,22,25). The molecule has 1 amide bonds. The highest BCUT2D eigenvalue weighted by atomic mass is 32.1. The third-order valence-corrected chi connectivity index (χ3v) is 5.36. The van der Waals surface area contributed by atoms with Crippen LogP contribution in [0.4, 0.5) is 0 Å². The normalized spacial score (nSPS) is 10.9. The average molecular weight is 378 g/mol. The second-order valence-corrected chi connectivity index (χ2v) is 7.05. The molecule has 3 heterocycles. The number of para-hydroxylation sites is 1. The first-order valence-electron chi connectivity index (χ1n) is 8.48. The Hall–Kier alpha value is -3.19. The average Bonchev–Trinajstić information content (AvgIpc) is 3.28. The summed E-state index contributed by atoms with van der Waals surface area (Å²) in [5, 5.41) is 8.54. The molecule has 0 spiro atoms. The first-order valence-corrected chi connectivity index (χ1v) is 9.29. The highest BCUT2D eigenvalue weighted by Gasteiger charge is 2.17. The van der Waals surface area contributed by atoms with Crippen LogP contribution in [0.15, 0.2) is 54.7 Å². The van der Waals surface area contributed by atoms with Gasteiger partial charge in [-0.25, -0.2) is 9.67 Å². The third kappa shape index (κ3) is 3.29. The number of thiophene rings is 1. The molecule has 0 aliphatic rings. The molecule has 1 N–H and O–H groups in total. The van der Waals surface area contributed by atoms with Gasteiger partial charge in [0.15, 0.2) is 0 Å². The molecule has 136 valence electrons. The Labute approximate surface area is 160 Å². The topological polar surface area (TPSA) is 69.0 Å². The lowest BCUT2D eigenvalue weighted by atomic mass is 10.2. The smallest absolute Gasteiger partial charge is 0.261 e. The number of nitrogens with one attached hydrogen (secondary N) is 1. The van der Waals surface area contributed by atoms with Gasteiger partial charge in [-0.2, -0.15) is 5.10 Å². The number of amides is 1. The van der Waals surface area contributed by atoms with Gasteiger partial charge in [0.25, 0.3) is 5.91 Å². The molecule has 4 rings (SSSR count). The van der Waals surface area contributed by atoms with E-state index < -0.39 is 0 Å². The number of ether oxygens (including phenoxy) is 1. The van der Waals surface area contributed by atoms with Crippen molar-refractivity contribution < 1.29 is 9.53 Å². The van der Waals surface area contributed by atoms with E-state index in [1.807, 2.05) is 60.1 Å². The minimum absolute atomic E-state index is 0.124. The minimum atomic E-state index is -0.124. The number of methoxy groups -OCH3 is 1. The highest BCUT2D eigenvalue weighted by Crippen LogP contribution is 2.30. The Balaban J connectivity index is 1.60. The van der Waals surface area contributed by atoms with Gasteiger partial charge in [-0.3, -0.25) is 4.79 Å². The summed E-state index contributed by atoms with van der Waals surface area (Å²) in [5.41, 5.74) is 2.71. The molecule has 1 aromatic carbocycles. The summed E-state index contributed by atoms with van der Waals surface area (Å²) in [7, 11) is 1.57. The maximum atomic E-state index is 12.7. The maximum Gasteiger partial charge on any atom is 0.261 e. The van der Waals surface area contributed by atoms with Gasteiger partial charge in [0.2, 0.25) is 5.88 Å². The quantitative estimate of drug-likeness (QED) is 0.575. The number of aryl methyl sites for hydroxylation is 1. The van der Waals surface area contributed by atoms with E-state index in [4.69, 9.17) is 4.74 Å². The van der Waals surface area contributed by atoms with E-state index in [0.717, 1.165) is 27.2 Å². The van der Waals surface area contributed by atoms with Gasteiger partial charge in [0, 0.05) is 23.7 Å². The second kappa shape index (κ2) is 7.20. The molecule has 0 aliphatic heterocycles. The van der Waals surface area contributed by atoms with Crippen LogP contribution in [0.2, 0.25) is 0 Å². The number of pyridine rings is 1. The molecule has 0 atom stereocenters. The maximum absolute atomic E-state index is 12.7. The number of fused-ring (bicyclic) bond motifs is 1. The molecule has 0 bridgehead atoms. The molecule has 7 heteroatoms. The molecule has 0 aliphatic carbocycles. The van der Waals surface area contributed by atoms with Crippen LogP contribution in [0.25, 0.3) is 15.9 Å². The number of carbonyl (C=O) groups is 1. The van der Waals surface area contributed by atoms with Crippen LogP contribution >= 0.6 is 11.3 Å². The zero-order valence-corrected chi connectivity index (χ0v) is 15.8. The van der Waals surface area contributed by atoms with Crippen molar-refractivity contribution in [3.8, 4) is 11.6 Å². The highest BCUT2D eigenvalue weighted by molar-refractivity contribution is 7.20. The van der Waals surface area contributed by atoms with Crippen molar-refractivity contribution in [2.75, 3.05) is 7.11 Å². The van der Waals surface area contributed by atoms with Crippen molar-refractivity contribution >= 4 is 27.5 Å². The lowest BCUT2D eigenvalue weighted by Crippen LogP contribution is -2.22. The number of hydrogen-bond donors (Lipinski definition) is 1. The number of aromatic nitrogens is 3. The monoisotopic (exact) mass is 378 g/mol. The molecule has 0 saturated carbocycles. The van der Waals surface area contributed by atoms with E-state index in [2.05, 4.69) is 15.4 Å². The summed E-state index contributed by atoms with van der Waals surface area (Å²) in [6.07, 6.45) is 1.66. The Bertz CT molecular complexity index is 1100. The Kier molecular flexibility index (Phi) is 4.60. The molecule has 4 aromatic rings. The van der Waals surface area contributed by atoms with E-state index in [0.29, 0.717) is 17.3 Å². The fraction of sp³-hybridized carbons (Fsp3) is 0.150. The number of nitrogens with zero attached hydrogens (tertiary/aromatic N) is 3. The van der Waals surface area contributed by atoms with Crippen LogP contribution in [0.1, 0.15) is 20.9 Å². The van der Waals surface area contributed by atoms with Gasteiger partial charge >= 0.3 is 0 Å². The first-order chi connectivity index (χ1) is 13.2. The third-order valence-electron chi connectivity index (χ3n) is 4.25. The first kappa shape index (κ1) is 17.2. The zero-order valence-electron chi connectivity index (χ0n) is 15.0. The lowest BCUT2D eigenvalue weighted by Gasteiger charge is -2.07. The summed E-state index contributed by atoms with van der Waals surface area (Å²) >= 11 is 1.43. The van der Waals surface area contributed by atoms with Crippen LogP contribution in [-0.4, -0.2) is 27.8 Å². The summed E-state index contributed by atoms with van der Waals surface area (Å²) in [6, 6.07) is 15.5. The van der Waals surface area contributed by atoms with Gasteiger partial charge in [0.05, 0.1) is 23.4 Å². The Morgan fingerprint density at radius 3 is 2.81 bits per heavy atom. The van der Waals surface area contributed by atoms with E-state index in [9.17, 15) is 4.79 Å². The van der Waals surface area contributed by atoms with E-state index >= 15 is 0 Å². The second-order valence-electron chi connectivity index (χ2n) is 6.02. The fourth-order valence-electron chi connectivity index (χ4n) is 2.91. The molecule has 6 nitrogen and oxygen atoms in total. The molecule has 0 unspecified atom stereocenters. The predicted molar refractivity (Wildman–Crippen MR) is 106 cm³/mol. The van der Waals surface area contributed by atoms with Gasteiger partial charge in [-0.1, -0.05) is 24.3 Å². The molecular formula is C20H18N4O2S. The number of rotatable bonds is 5. The van der Waals surface area contributed by atoms with E-state index in [1.54, 1.807) is 13.3 Å². The van der Waals surface area contributed by atoms with Crippen LogP contribution in [0.5, 0.6) is 5.88 Å². The van der Waals surface area contributed by atoms with E-state index in [-0.39, 0.29) is 5.91 Å². The van der Waals surface area contributed by atoms with Gasteiger partial charge in [0.1, 0.15) is 4.83 Å². The van der Waals surface area contributed by atoms with Crippen LogP contribution in [0.3, 0.4) is 0 Å². The Morgan fingerprint density at radius 1 is 1.22 bits per heavy atom. The molecule has 27 heavy (non-hydrogen) atoms. The predicted octanol–water partition coefficient (Wildman–Crippen LogP) is 3.73. The van der Waals surface area contributed by atoms with Crippen molar-refractivity contribution in [2.24, 2.45) is 0 Å². The summed E-state index contributed by atoms with van der Waals surface area (Å²) in [5.74, 6) is 0.394. The molecular weight excluding hydrogens is 360 g/mol. The number of carbonyl (C=O) groups excluding carboxylic acids is 1. The van der Waals surface area contributed by atoms with Crippen molar-refractivity contribution in [3.63, 3.8) is 0 Å². The fourth-order valence-corrected chi connectivity index (χ4v) is 4.01. The van der Waals surface area contributed by atoms with Crippen LogP contribution < -0.4 is 10.1 Å². The van der Waals surface area contributed by atoms with Gasteiger partial charge in [-0.05, 0) is 31.2 Å². The molecule has 0 radical (unpaired) electrons. The van der Waals surface area contributed by atoms with Crippen LogP contribution in [-0.2, 0) is 6.54 Å². The number of benzene rings is 1. The number of hydrogen-bond acceptors (Lipinski definition) is 5. The molecule has 3 aromatic heterocycles. The lowest BCUT2D eigenvalue weighted by molar-refractivity contribution is 0.0954. The van der Waals surface area contributed by atoms with Gasteiger partial charge < -0.3 is 10.1 Å². The summed E-state index contributed by atoms with van der Waals surface area (Å²) in [6.45, 7) is 2.31. The van der Waals surface area contributed by atoms with Crippen molar-refractivity contribution in [2.45, 2.75) is 13.5 Å². The van der Waals surface area contributed by atoms with Gasteiger partial charge in [-0.15, -0.1) is 11.3 Å². The zero-order chi connectivity index (χ0) is 18.8. The Morgan fingerprint density at radius 2 is 2.04 bits per heavy atom.